The summed E-state index contributed by atoms with van der Waals surface area (Å²) >= 11 is 6.09. The average molecular weight is 385 g/mol. The van der Waals surface area contributed by atoms with Gasteiger partial charge in [0.15, 0.2) is 5.89 Å². The molecule has 1 aliphatic carbocycles. The summed E-state index contributed by atoms with van der Waals surface area (Å²) in [5.74, 6) is 0.552. The lowest BCUT2D eigenvalue weighted by molar-refractivity contribution is 0.0902. The Bertz CT molecular complexity index is 992. The van der Waals surface area contributed by atoms with Gasteiger partial charge in [-0.2, -0.15) is 5.10 Å². The third-order valence-electron chi connectivity index (χ3n) is 4.90. The number of hydrogen-bond acceptors (Lipinski definition) is 4. The van der Waals surface area contributed by atoms with Gasteiger partial charge in [0.05, 0.1) is 24.5 Å². The quantitative estimate of drug-likeness (QED) is 0.737. The van der Waals surface area contributed by atoms with E-state index in [0.29, 0.717) is 18.1 Å². The first-order valence-electron chi connectivity index (χ1n) is 9.05. The van der Waals surface area contributed by atoms with Crippen molar-refractivity contribution in [3.05, 3.63) is 69.7 Å². The smallest absolute Gasteiger partial charge is 0.289 e. The molecule has 1 atom stereocenters. The Kier molecular flexibility index (Phi) is 4.74. The van der Waals surface area contributed by atoms with E-state index in [9.17, 15) is 4.79 Å². The molecular weight excluding hydrogens is 364 g/mol. The van der Waals surface area contributed by atoms with Crippen LogP contribution in [0.15, 0.2) is 34.9 Å². The molecule has 0 fully saturated rings. The maximum absolute atomic E-state index is 12.6. The zero-order chi connectivity index (χ0) is 19.0. The fourth-order valence-electron chi connectivity index (χ4n) is 3.68. The van der Waals surface area contributed by atoms with E-state index < -0.39 is 0 Å². The Morgan fingerprint density at radius 1 is 1.41 bits per heavy atom. The van der Waals surface area contributed by atoms with Crippen molar-refractivity contribution >= 4 is 17.5 Å². The first-order chi connectivity index (χ1) is 13.0. The summed E-state index contributed by atoms with van der Waals surface area (Å²) in [6.45, 7) is 4.18. The Balaban J connectivity index is 1.55. The van der Waals surface area contributed by atoms with Crippen LogP contribution >= 0.6 is 11.6 Å². The van der Waals surface area contributed by atoms with Gasteiger partial charge in [0.2, 0.25) is 5.76 Å². The van der Waals surface area contributed by atoms with E-state index in [0.717, 1.165) is 41.1 Å². The van der Waals surface area contributed by atoms with E-state index >= 15 is 0 Å². The molecule has 27 heavy (non-hydrogen) atoms. The topological polar surface area (TPSA) is 73.0 Å². The molecule has 0 saturated heterocycles. The minimum Gasteiger partial charge on any atom is -0.436 e. The molecule has 0 spiro atoms. The largest absolute Gasteiger partial charge is 0.436 e. The summed E-state index contributed by atoms with van der Waals surface area (Å²) < 4.78 is 7.45. The van der Waals surface area contributed by atoms with Crippen molar-refractivity contribution in [2.45, 2.75) is 45.7 Å². The molecule has 0 aliphatic heterocycles. The number of rotatable bonds is 4. The SMILES string of the molecule is Cc1nc(C)c(C(=O)NC2CCCc3c2cnn3Cc2cccc(Cl)c2)o1. The normalized spacial score (nSPS) is 16.2. The van der Waals surface area contributed by atoms with Crippen LogP contribution in [-0.4, -0.2) is 20.7 Å². The molecule has 1 unspecified atom stereocenters. The minimum atomic E-state index is -0.228. The maximum atomic E-state index is 12.6. The van der Waals surface area contributed by atoms with Crippen LogP contribution in [-0.2, 0) is 13.0 Å². The van der Waals surface area contributed by atoms with Crippen molar-refractivity contribution in [2.24, 2.45) is 0 Å². The Hall–Kier alpha value is -2.60. The molecule has 140 valence electrons. The van der Waals surface area contributed by atoms with Gasteiger partial charge in [-0.1, -0.05) is 23.7 Å². The molecule has 1 aromatic carbocycles. The van der Waals surface area contributed by atoms with Crippen LogP contribution in [0.4, 0.5) is 0 Å². The number of aryl methyl sites for hydroxylation is 2. The van der Waals surface area contributed by atoms with Gasteiger partial charge in [-0.05, 0) is 43.9 Å². The molecule has 0 saturated carbocycles. The van der Waals surface area contributed by atoms with Crippen molar-refractivity contribution in [1.82, 2.24) is 20.1 Å². The number of benzene rings is 1. The van der Waals surface area contributed by atoms with Crippen LogP contribution in [0.1, 0.15) is 57.8 Å². The minimum absolute atomic E-state index is 0.0702. The molecule has 2 aromatic heterocycles. The molecule has 2 heterocycles. The number of nitrogens with zero attached hydrogens (tertiary/aromatic N) is 3. The summed E-state index contributed by atoms with van der Waals surface area (Å²) in [6, 6.07) is 7.73. The molecule has 1 N–H and O–H groups in total. The van der Waals surface area contributed by atoms with E-state index in [1.807, 2.05) is 35.1 Å². The summed E-state index contributed by atoms with van der Waals surface area (Å²) in [5.41, 5.74) is 3.95. The molecule has 4 rings (SSSR count). The first kappa shape index (κ1) is 17.8. The molecule has 0 radical (unpaired) electrons. The molecular formula is C20H21ClN4O2. The second-order valence-corrected chi connectivity index (χ2v) is 7.34. The zero-order valence-electron chi connectivity index (χ0n) is 15.3. The van der Waals surface area contributed by atoms with Crippen LogP contribution < -0.4 is 5.32 Å². The standard InChI is InChI=1S/C20H21ClN4O2/c1-12-19(27-13(2)23-12)20(26)24-17-7-4-8-18-16(17)10-22-25(18)11-14-5-3-6-15(21)9-14/h3,5-6,9-10,17H,4,7-8,11H2,1-2H3,(H,24,26). The highest BCUT2D eigenvalue weighted by atomic mass is 35.5. The Labute approximate surface area is 162 Å². The Morgan fingerprint density at radius 2 is 2.26 bits per heavy atom. The maximum Gasteiger partial charge on any atom is 0.289 e. The molecule has 0 bridgehead atoms. The molecule has 6 nitrogen and oxygen atoms in total. The van der Waals surface area contributed by atoms with Gasteiger partial charge in [-0.3, -0.25) is 9.48 Å². The van der Waals surface area contributed by atoms with E-state index in [1.165, 1.54) is 0 Å². The second kappa shape index (κ2) is 7.19. The van der Waals surface area contributed by atoms with E-state index in [4.69, 9.17) is 16.0 Å². The summed E-state index contributed by atoms with van der Waals surface area (Å²) in [6.07, 6.45) is 4.69. The van der Waals surface area contributed by atoms with Crippen LogP contribution in [0.2, 0.25) is 5.02 Å². The average Bonchev–Trinajstić information content (AvgIpc) is 3.18. The third-order valence-corrected chi connectivity index (χ3v) is 5.13. The lowest BCUT2D eigenvalue weighted by Crippen LogP contribution is -2.31. The summed E-state index contributed by atoms with van der Waals surface area (Å²) in [7, 11) is 0. The highest BCUT2D eigenvalue weighted by molar-refractivity contribution is 6.30. The van der Waals surface area contributed by atoms with Crippen LogP contribution in [0, 0.1) is 13.8 Å². The molecule has 1 amide bonds. The van der Waals surface area contributed by atoms with Gasteiger partial charge in [0.1, 0.15) is 0 Å². The number of carbonyl (C=O) groups is 1. The Morgan fingerprint density at radius 3 is 3.00 bits per heavy atom. The fraction of sp³-hybridized carbons (Fsp3) is 0.350. The molecule has 7 heteroatoms. The van der Waals surface area contributed by atoms with Crippen molar-refractivity contribution in [3.63, 3.8) is 0 Å². The lowest BCUT2D eigenvalue weighted by atomic mass is 9.92. The van der Waals surface area contributed by atoms with Crippen molar-refractivity contribution in [2.75, 3.05) is 0 Å². The van der Waals surface area contributed by atoms with Crippen molar-refractivity contribution < 1.29 is 9.21 Å². The van der Waals surface area contributed by atoms with Gasteiger partial charge in [-0.15, -0.1) is 0 Å². The van der Waals surface area contributed by atoms with Crippen molar-refractivity contribution in [3.8, 4) is 0 Å². The third kappa shape index (κ3) is 3.62. The van der Waals surface area contributed by atoms with Crippen LogP contribution in [0.25, 0.3) is 0 Å². The number of aromatic nitrogens is 3. The highest BCUT2D eigenvalue weighted by Gasteiger charge is 2.27. The molecule has 1 aliphatic rings. The van der Waals surface area contributed by atoms with Crippen molar-refractivity contribution in [1.29, 1.82) is 0 Å². The van der Waals surface area contributed by atoms with Crippen LogP contribution in [0.5, 0.6) is 0 Å². The van der Waals surface area contributed by atoms with Gasteiger partial charge in [0.25, 0.3) is 5.91 Å². The second-order valence-electron chi connectivity index (χ2n) is 6.90. The highest BCUT2D eigenvalue weighted by Crippen LogP contribution is 2.30. The number of fused-ring (bicyclic) bond motifs is 1. The first-order valence-corrected chi connectivity index (χ1v) is 9.43. The predicted octanol–water partition coefficient (Wildman–Crippen LogP) is 4.00. The number of hydrogen-bond donors (Lipinski definition) is 1. The number of halogens is 1. The number of nitrogens with one attached hydrogen (secondary N) is 1. The number of oxazole rings is 1. The summed E-state index contributed by atoms with van der Waals surface area (Å²) in [4.78, 5) is 16.8. The van der Waals surface area contributed by atoms with Gasteiger partial charge in [-0.25, -0.2) is 4.98 Å². The monoisotopic (exact) mass is 384 g/mol. The van der Waals surface area contributed by atoms with Gasteiger partial charge in [0, 0.05) is 23.2 Å². The predicted molar refractivity (Wildman–Crippen MR) is 102 cm³/mol. The number of carbonyl (C=O) groups excluding carboxylic acids is 1. The van der Waals surface area contributed by atoms with Gasteiger partial charge >= 0.3 is 0 Å². The van der Waals surface area contributed by atoms with Crippen LogP contribution in [0.3, 0.4) is 0 Å². The lowest BCUT2D eigenvalue weighted by Gasteiger charge is -2.24. The van der Waals surface area contributed by atoms with E-state index in [1.54, 1.807) is 13.8 Å². The summed E-state index contributed by atoms with van der Waals surface area (Å²) in [5, 5.41) is 8.36. The van der Waals surface area contributed by atoms with E-state index in [2.05, 4.69) is 15.4 Å². The van der Waals surface area contributed by atoms with Gasteiger partial charge < -0.3 is 9.73 Å². The number of amides is 1. The fourth-order valence-corrected chi connectivity index (χ4v) is 3.89. The molecule has 3 aromatic rings. The zero-order valence-corrected chi connectivity index (χ0v) is 16.1. The van der Waals surface area contributed by atoms with E-state index in [-0.39, 0.29) is 17.7 Å².